The van der Waals surface area contributed by atoms with Crippen molar-refractivity contribution < 1.29 is 41.0 Å². The summed E-state index contributed by atoms with van der Waals surface area (Å²) in [6.07, 6.45) is 32.1. The molecule has 8 aliphatic rings. The summed E-state index contributed by atoms with van der Waals surface area (Å²) in [5.41, 5.74) is 3.57. The molecule has 4 N–H and O–H groups in total. The maximum absolute atomic E-state index is 12.9. The molecule has 8 fully saturated rings. The van der Waals surface area contributed by atoms with E-state index in [1.807, 2.05) is 0 Å². The lowest BCUT2D eigenvalue weighted by molar-refractivity contribution is 0.0696. The molecule has 21 nitrogen and oxygen atoms in total. The number of fused-ring (bicyclic) bond motifs is 2. The van der Waals surface area contributed by atoms with Crippen LogP contribution in [0.3, 0.4) is 0 Å². The first kappa shape index (κ1) is 61.4. The fourth-order valence-corrected chi connectivity index (χ4v) is 17.8. The van der Waals surface area contributed by atoms with Crippen molar-refractivity contribution in [3.8, 4) is 23.4 Å². The molecule has 0 bridgehead atoms. The highest BCUT2D eigenvalue weighted by Crippen LogP contribution is 2.94. The lowest BCUT2D eigenvalue weighted by atomic mass is 9.89. The topological polar surface area (TPSA) is 276 Å². The summed E-state index contributed by atoms with van der Waals surface area (Å²) in [4.78, 5) is 32.2. The number of nitrogens with one attached hydrogen (secondary N) is 1. The van der Waals surface area contributed by atoms with Crippen LogP contribution in [-0.2, 0) is 33.1 Å². The minimum atomic E-state index is -4.19. The number of halogens is 2. The van der Waals surface area contributed by atoms with Crippen molar-refractivity contribution in [2.24, 2.45) is 61.3 Å². The number of rotatable bonds is 23. The fraction of sp³-hybridized carbons (Fsp3) is 0.613. The van der Waals surface area contributed by atoms with Gasteiger partial charge in [-0.3, -0.25) is 14.2 Å². The van der Waals surface area contributed by atoms with Gasteiger partial charge in [0.15, 0.2) is 21.7 Å². The zero-order chi connectivity index (χ0) is 61.4. The third-order valence-electron chi connectivity index (χ3n) is 20.9. The zero-order valence-corrected chi connectivity index (χ0v) is 53.2. The van der Waals surface area contributed by atoms with Gasteiger partial charge in [-0.15, -0.1) is 10.2 Å². The van der Waals surface area contributed by atoms with Gasteiger partial charge >= 0.3 is 5.97 Å². The molecule has 0 unspecified atom stereocenters. The summed E-state index contributed by atoms with van der Waals surface area (Å²) in [5.74, 6) is 3.12. The van der Waals surface area contributed by atoms with E-state index in [1.54, 1.807) is 58.4 Å². The standard InChI is InChI=1S/C31H39ClN6O4S.C18H18ClN3O3.C13H23N3O2S/c1-29(2)11-7-21(20-29)4-3-16-37-17-9-26(35-37)43(40,41)36-28(39)22-5-6-24(33-27(22)32)38-18-8-25(34-38)42-19-10-23-30(12-13-30)31(23)14-15-31;19-15-11(16(23)24)1-2-13(20-15)22-9-3-14(21-22)25-10-4-12-17(5-6-17)18(12)7-8-18;1-13(2)7-5-11(10-13)4-3-8-16-9-6-12(15-16)19(14,17)18/h5-6,8-9,17-18,21,23H,3-4,7,10-16,19-20H2,1-2H3,(H,36,39);1-3,9,12H,4-8,10H2,(H,23,24);6,9,11H,3-5,7-8,10H2,1-2H3,(H2,14,17,18)/t21-;;11-/m1.1/s1. The molecule has 8 saturated carbocycles. The Bertz CT molecular complexity index is 3750. The van der Waals surface area contributed by atoms with Gasteiger partial charge in [-0.1, -0.05) is 50.9 Å². The van der Waals surface area contributed by atoms with Gasteiger partial charge in [0.25, 0.3) is 26.0 Å². The highest BCUT2D eigenvalue weighted by atomic mass is 35.5. The van der Waals surface area contributed by atoms with Crippen molar-refractivity contribution in [1.82, 2.24) is 53.8 Å². The lowest BCUT2D eigenvalue weighted by Gasteiger charge is -2.17. The molecule has 4 spiro atoms. The van der Waals surface area contributed by atoms with Crippen LogP contribution in [0, 0.1) is 56.2 Å². The Hall–Kier alpha value is -5.88. The van der Waals surface area contributed by atoms with E-state index in [0.717, 1.165) is 56.4 Å². The number of carbonyl (C=O) groups is 2. The van der Waals surface area contributed by atoms with E-state index in [2.05, 4.69) is 62.8 Å². The average Bonchev–Trinajstić information content (AvgIpc) is 1.46. The lowest BCUT2D eigenvalue weighted by Crippen LogP contribution is -2.31. The SMILES string of the molecule is CC1(C)CC[C@@H](CCCn2ccc(S(=O)(=O)NC(=O)c3ccc(-n4ccc(OCCC5C6(CC6)C56CC6)n4)nc3Cl)n2)C1.CC1(C)CC[C@@H](CCCn2ccc(S(N)(=O)=O)n2)C1.O=C(O)c1ccc(-n2ccc(OCCC3C4(CC4)C34CC4)n2)nc1Cl. The number of amides is 1. The molecule has 6 aromatic rings. The molecular formula is C62H80Cl2N12O9S2. The minimum absolute atomic E-state index is 0.0264. The normalized spacial score (nSPS) is 22.3. The molecule has 468 valence electrons. The number of carboxylic acid groups (broad SMARTS) is 1. The molecule has 8 aliphatic carbocycles. The largest absolute Gasteiger partial charge is 0.478 e. The molecule has 2 atom stereocenters. The summed E-state index contributed by atoms with van der Waals surface area (Å²) in [6.45, 7) is 12.0. The first-order chi connectivity index (χ1) is 41.3. The first-order valence-corrected chi connectivity index (χ1v) is 34.7. The van der Waals surface area contributed by atoms with Crippen LogP contribution in [0.5, 0.6) is 11.8 Å². The highest BCUT2D eigenvalue weighted by molar-refractivity contribution is 7.90. The van der Waals surface area contributed by atoms with Crippen LogP contribution in [0.1, 0.15) is 177 Å². The minimum Gasteiger partial charge on any atom is -0.478 e. The predicted molar refractivity (Wildman–Crippen MR) is 325 cm³/mol. The number of aryl methyl sites for hydroxylation is 2. The van der Waals surface area contributed by atoms with Gasteiger partial charge in [-0.25, -0.2) is 42.4 Å². The number of carbonyl (C=O) groups excluding carboxylic acids is 1. The Morgan fingerprint density at radius 1 is 0.586 bits per heavy atom. The molecule has 87 heavy (non-hydrogen) atoms. The number of primary sulfonamides is 1. The number of aromatic carboxylic acids is 1. The summed E-state index contributed by atoms with van der Waals surface area (Å²) >= 11 is 12.2. The third-order valence-corrected chi connectivity index (χ3v) is 23.5. The number of nitrogens with two attached hydrogens (primary N) is 1. The third kappa shape index (κ3) is 13.1. The van der Waals surface area contributed by atoms with Crippen LogP contribution < -0.4 is 19.3 Å². The fourth-order valence-electron chi connectivity index (χ4n) is 15.9. The van der Waals surface area contributed by atoms with E-state index in [-0.39, 0.29) is 31.5 Å². The average molecular weight is 1270 g/mol. The number of carboxylic acids is 1. The Morgan fingerprint density at radius 3 is 1.39 bits per heavy atom. The second kappa shape index (κ2) is 23.2. The van der Waals surface area contributed by atoms with Gasteiger partial charge in [-0.2, -0.15) is 18.6 Å². The number of aromatic nitrogens is 10. The number of nitrogens with zero attached hydrogens (tertiary/aromatic N) is 10. The van der Waals surface area contributed by atoms with Crippen molar-refractivity contribution in [1.29, 1.82) is 0 Å². The first-order valence-electron chi connectivity index (χ1n) is 30.9. The number of hydrogen-bond donors (Lipinski definition) is 3. The molecule has 1 amide bonds. The van der Waals surface area contributed by atoms with Crippen molar-refractivity contribution in [2.45, 2.75) is 179 Å². The molecule has 25 heteroatoms. The number of ether oxygens (including phenoxy) is 2. The highest BCUT2D eigenvalue weighted by Gasteiger charge is 2.86. The Balaban J connectivity index is 0.000000141. The van der Waals surface area contributed by atoms with E-state index in [1.165, 1.54) is 130 Å². The van der Waals surface area contributed by atoms with Crippen molar-refractivity contribution in [3.63, 3.8) is 0 Å². The quantitative estimate of drug-likeness (QED) is 0.0503. The molecule has 0 aliphatic heterocycles. The van der Waals surface area contributed by atoms with E-state index in [0.29, 0.717) is 81.6 Å². The van der Waals surface area contributed by atoms with Gasteiger partial charge in [0.2, 0.25) is 11.8 Å². The maximum atomic E-state index is 12.9. The second-order valence-corrected chi connectivity index (χ2v) is 31.5. The Labute approximate surface area is 519 Å². The van der Waals surface area contributed by atoms with E-state index in [9.17, 15) is 26.4 Å². The van der Waals surface area contributed by atoms with Gasteiger partial charge in [0.1, 0.15) is 10.3 Å². The Kier molecular flexibility index (Phi) is 16.3. The maximum Gasteiger partial charge on any atom is 0.338 e. The molecule has 14 rings (SSSR count). The Morgan fingerprint density at radius 2 is 1.01 bits per heavy atom. The van der Waals surface area contributed by atoms with Crippen molar-refractivity contribution in [3.05, 3.63) is 94.8 Å². The number of hydrogen-bond acceptors (Lipinski definition) is 14. The number of sulfonamides is 2. The smallest absolute Gasteiger partial charge is 0.338 e. The van der Waals surface area contributed by atoms with Gasteiger partial charge in [-0.05, 0) is 221 Å². The summed E-state index contributed by atoms with van der Waals surface area (Å²) in [5, 5.41) is 30.5. The second-order valence-electron chi connectivity index (χ2n) is 27.7. The summed E-state index contributed by atoms with van der Waals surface area (Å²) in [7, 11) is -7.86. The van der Waals surface area contributed by atoms with Crippen LogP contribution in [-0.4, -0.2) is 96.1 Å². The van der Waals surface area contributed by atoms with Crippen LogP contribution in [0.2, 0.25) is 10.3 Å². The van der Waals surface area contributed by atoms with E-state index in [4.69, 9.17) is 42.9 Å². The van der Waals surface area contributed by atoms with Crippen LogP contribution in [0.4, 0.5) is 0 Å². The van der Waals surface area contributed by atoms with Crippen molar-refractivity contribution in [2.75, 3.05) is 13.2 Å². The number of pyridine rings is 2. The predicted octanol–water partition coefficient (Wildman–Crippen LogP) is 11.5. The molecule has 6 aromatic heterocycles. The van der Waals surface area contributed by atoms with Crippen LogP contribution in [0.25, 0.3) is 11.6 Å². The monoisotopic (exact) mass is 1270 g/mol. The van der Waals surface area contributed by atoms with Crippen LogP contribution >= 0.6 is 23.2 Å². The summed E-state index contributed by atoms with van der Waals surface area (Å²) < 4.78 is 68.1. The molecule has 0 aromatic carbocycles. The van der Waals surface area contributed by atoms with Gasteiger partial charge in [0, 0.05) is 50.0 Å². The summed E-state index contributed by atoms with van der Waals surface area (Å²) in [6, 6.07) is 12.4. The molecule has 6 heterocycles. The molecular weight excluding hydrogens is 1190 g/mol. The van der Waals surface area contributed by atoms with E-state index >= 15 is 0 Å². The van der Waals surface area contributed by atoms with Gasteiger partial charge < -0.3 is 14.6 Å². The molecule has 0 radical (unpaired) electrons. The van der Waals surface area contributed by atoms with Crippen molar-refractivity contribution >= 4 is 55.1 Å². The zero-order valence-electron chi connectivity index (χ0n) is 50.0. The van der Waals surface area contributed by atoms with E-state index < -0.39 is 31.9 Å². The van der Waals surface area contributed by atoms with Gasteiger partial charge in [0.05, 0.1) is 24.3 Å². The molecule has 0 saturated heterocycles. The van der Waals surface area contributed by atoms with Crippen LogP contribution in [0.15, 0.2) is 83.4 Å².